The maximum Gasteiger partial charge on any atom is 0.225 e. The molecule has 0 spiro atoms. The maximum absolute atomic E-state index is 4.77. The van der Waals surface area contributed by atoms with Crippen molar-refractivity contribution in [1.29, 1.82) is 0 Å². The number of anilines is 2. The van der Waals surface area contributed by atoms with Crippen LogP contribution in [0.1, 0.15) is 41.4 Å². The molecule has 20 heavy (non-hydrogen) atoms. The quantitative estimate of drug-likeness (QED) is 0.906. The predicted molar refractivity (Wildman–Crippen MR) is 82.4 cm³/mol. The number of fused-ring (bicyclic) bond motifs is 1. The second kappa shape index (κ2) is 5.75. The molecule has 0 amide bonds. The zero-order valence-electron chi connectivity index (χ0n) is 11.8. The maximum atomic E-state index is 4.77. The fourth-order valence-electron chi connectivity index (χ4n) is 2.38. The molecule has 2 aromatic rings. The van der Waals surface area contributed by atoms with E-state index in [9.17, 15) is 0 Å². The number of nitrogens with one attached hydrogen (secondary N) is 2. The molecular weight excluding hydrogens is 270 g/mol. The highest BCUT2D eigenvalue weighted by Crippen LogP contribution is 2.30. The van der Waals surface area contributed by atoms with Crippen LogP contribution in [0.5, 0.6) is 0 Å². The Hall–Kier alpha value is -1.69. The van der Waals surface area contributed by atoms with Crippen molar-refractivity contribution in [3.8, 4) is 0 Å². The Labute approximate surface area is 122 Å². The first-order chi connectivity index (χ1) is 9.76. The van der Waals surface area contributed by atoms with Crippen molar-refractivity contribution in [3.63, 3.8) is 0 Å². The Morgan fingerprint density at radius 3 is 2.90 bits per heavy atom. The third kappa shape index (κ3) is 2.75. The third-order valence-corrected chi connectivity index (χ3v) is 4.83. The van der Waals surface area contributed by atoms with Crippen LogP contribution in [0.3, 0.4) is 0 Å². The Bertz CT molecular complexity index is 572. The standard InChI is InChI=1S/C14H19N5S/c1-9(17-14-16-8-7-12(15-2)19-14)13-18-10-5-3-4-6-11(10)20-13/h7-9H,3-6H2,1-2H3,(H2,15,16,17,19). The van der Waals surface area contributed by atoms with Gasteiger partial charge in [0.25, 0.3) is 0 Å². The number of hydrogen-bond acceptors (Lipinski definition) is 6. The molecule has 1 atom stereocenters. The summed E-state index contributed by atoms with van der Waals surface area (Å²) in [5.74, 6) is 1.45. The van der Waals surface area contributed by atoms with Crippen LogP contribution in [-0.4, -0.2) is 22.0 Å². The Kier molecular flexibility index (Phi) is 3.82. The molecule has 106 valence electrons. The molecule has 2 aromatic heterocycles. The van der Waals surface area contributed by atoms with E-state index in [0.29, 0.717) is 5.95 Å². The number of thiazole rings is 1. The van der Waals surface area contributed by atoms with E-state index in [4.69, 9.17) is 4.98 Å². The lowest BCUT2D eigenvalue weighted by Gasteiger charge is -2.11. The number of nitrogens with zero attached hydrogens (tertiary/aromatic N) is 3. The van der Waals surface area contributed by atoms with Gasteiger partial charge in [-0.3, -0.25) is 0 Å². The topological polar surface area (TPSA) is 62.7 Å². The van der Waals surface area contributed by atoms with Crippen molar-refractivity contribution >= 4 is 23.1 Å². The monoisotopic (exact) mass is 289 g/mol. The highest BCUT2D eigenvalue weighted by Gasteiger charge is 2.18. The molecule has 1 aliphatic rings. The zero-order chi connectivity index (χ0) is 13.9. The number of aromatic nitrogens is 3. The zero-order valence-corrected chi connectivity index (χ0v) is 12.6. The molecule has 0 radical (unpaired) electrons. The summed E-state index contributed by atoms with van der Waals surface area (Å²) in [6.07, 6.45) is 6.63. The molecular formula is C14H19N5S. The number of rotatable bonds is 4. The number of hydrogen-bond donors (Lipinski definition) is 2. The smallest absolute Gasteiger partial charge is 0.225 e. The third-order valence-electron chi connectivity index (χ3n) is 3.49. The molecule has 1 aliphatic carbocycles. The van der Waals surface area contributed by atoms with Crippen LogP contribution in [0, 0.1) is 0 Å². The van der Waals surface area contributed by atoms with Gasteiger partial charge in [0.1, 0.15) is 10.8 Å². The molecule has 0 aliphatic heterocycles. The molecule has 0 bridgehead atoms. The van der Waals surface area contributed by atoms with Gasteiger partial charge in [0.2, 0.25) is 5.95 Å². The van der Waals surface area contributed by atoms with Crippen LogP contribution in [0.15, 0.2) is 12.3 Å². The Morgan fingerprint density at radius 2 is 2.10 bits per heavy atom. The molecule has 6 heteroatoms. The molecule has 2 N–H and O–H groups in total. The first kappa shape index (κ1) is 13.3. The van der Waals surface area contributed by atoms with Crippen LogP contribution in [-0.2, 0) is 12.8 Å². The van der Waals surface area contributed by atoms with Gasteiger partial charge in [0.05, 0.1) is 11.7 Å². The van der Waals surface area contributed by atoms with Crippen LogP contribution in [0.4, 0.5) is 11.8 Å². The minimum atomic E-state index is 0.137. The molecule has 2 heterocycles. The first-order valence-corrected chi connectivity index (χ1v) is 7.83. The van der Waals surface area contributed by atoms with Gasteiger partial charge in [-0.1, -0.05) is 0 Å². The van der Waals surface area contributed by atoms with Gasteiger partial charge in [-0.05, 0) is 38.7 Å². The van der Waals surface area contributed by atoms with Gasteiger partial charge in [-0.2, -0.15) is 4.98 Å². The highest BCUT2D eigenvalue weighted by molar-refractivity contribution is 7.11. The van der Waals surface area contributed by atoms with Gasteiger partial charge < -0.3 is 10.6 Å². The summed E-state index contributed by atoms with van der Waals surface area (Å²) in [6.45, 7) is 2.11. The fraction of sp³-hybridized carbons (Fsp3) is 0.500. The summed E-state index contributed by atoms with van der Waals surface area (Å²) in [6, 6.07) is 1.98. The second-order valence-electron chi connectivity index (χ2n) is 5.01. The largest absolute Gasteiger partial charge is 0.373 e. The Morgan fingerprint density at radius 1 is 1.25 bits per heavy atom. The first-order valence-electron chi connectivity index (χ1n) is 7.02. The summed E-state index contributed by atoms with van der Waals surface area (Å²) < 4.78 is 0. The highest BCUT2D eigenvalue weighted by atomic mass is 32.1. The molecule has 0 saturated heterocycles. The van der Waals surface area contributed by atoms with Crippen molar-refractivity contribution < 1.29 is 0 Å². The average molecular weight is 289 g/mol. The SMILES string of the molecule is CNc1ccnc(NC(C)c2nc3c(s2)CCCC3)n1. The summed E-state index contributed by atoms with van der Waals surface area (Å²) in [5, 5.41) is 7.48. The van der Waals surface area contributed by atoms with Crippen molar-refractivity contribution in [2.75, 3.05) is 17.7 Å². The van der Waals surface area contributed by atoms with Crippen molar-refractivity contribution in [3.05, 3.63) is 27.8 Å². The van der Waals surface area contributed by atoms with E-state index in [-0.39, 0.29) is 6.04 Å². The van der Waals surface area contributed by atoms with Crippen LogP contribution < -0.4 is 10.6 Å². The van der Waals surface area contributed by atoms with E-state index in [2.05, 4.69) is 27.5 Å². The molecule has 0 aromatic carbocycles. The van der Waals surface area contributed by atoms with Gasteiger partial charge in [0.15, 0.2) is 0 Å². The molecule has 1 unspecified atom stereocenters. The van der Waals surface area contributed by atoms with E-state index < -0.39 is 0 Å². The van der Waals surface area contributed by atoms with E-state index >= 15 is 0 Å². The van der Waals surface area contributed by atoms with Crippen LogP contribution in [0.2, 0.25) is 0 Å². The molecule has 5 nitrogen and oxygen atoms in total. The Balaban J connectivity index is 1.75. The van der Waals surface area contributed by atoms with Crippen molar-refractivity contribution in [2.24, 2.45) is 0 Å². The van der Waals surface area contributed by atoms with Crippen molar-refractivity contribution in [1.82, 2.24) is 15.0 Å². The van der Waals surface area contributed by atoms with Crippen molar-refractivity contribution in [2.45, 2.75) is 38.6 Å². The summed E-state index contributed by atoms with van der Waals surface area (Å²) in [5.41, 5.74) is 1.30. The minimum absolute atomic E-state index is 0.137. The average Bonchev–Trinajstić information content (AvgIpc) is 2.91. The second-order valence-corrected chi connectivity index (χ2v) is 6.13. The van der Waals surface area contributed by atoms with Gasteiger partial charge in [-0.15, -0.1) is 11.3 Å². The summed E-state index contributed by atoms with van der Waals surface area (Å²) in [4.78, 5) is 14.9. The fourth-order valence-corrected chi connectivity index (χ4v) is 3.54. The number of aryl methyl sites for hydroxylation is 2. The van der Waals surface area contributed by atoms with E-state index in [1.807, 2.05) is 24.5 Å². The van der Waals surface area contributed by atoms with E-state index in [1.165, 1.54) is 29.8 Å². The summed E-state index contributed by atoms with van der Waals surface area (Å²) in [7, 11) is 1.85. The van der Waals surface area contributed by atoms with Crippen LogP contribution in [0.25, 0.3) is 0 Å². The van der Waals surface area contributed by atoms with Gasteiger partial charge in [-0.25, -0.2) is 9.97 Å². The predicted octanol–water partition coefficient (Wildman–Crippen LogP) is 3.03. The lowest BCUT2D eigenvalue weighted by molar-refractivity contribution is 0.678. The molecule has 0 fully saturated rings. The minimum Gasteiger partial charge on any atom is -0.373 e. The molecule has 0 saturated carbocycles. The lowest BCUT2D eigenvalue weighted by atomic mass is 10.0. The normalized spacial score (nSPS) is 15.5. The van der Waals surface area contributed by atoms with E-state index in [1.54, 1.807) is 6.20 Å². The van der Waals surface area contributed by atoms with Gasteiger partial charge in [0, 0.05) is 18.1 Å². The van der Waals surface area contributed by atoms with Gasteiger partial charge >= 0.3 is 0 Å². The summed E-state index contributed by atoms with van der Waals surface area (Å²) >= 11 is 1.83. The molecule has 3 rings (SSSR count). The lowest BCUT2D eigenvalue weighted by Crippen LogP contribution is -2.10. The van der Waals surface area contributed by atoms with E-state index in [0.717, 1.165) is 17.2 Å². The van der Waals surface area contributed by atoms with Crippen LogP contribution >= 0.6 is 11.3 Å².